The van der Waals surface area contributed by atoms with Crippen LogP contribution < -0.4 is 10.1 Å². The number of hydrogen-bond donors (Lipinski definition) is 1. The molecule has 0 bridgehead atoms. The minimum atomic E-state index is -2.81. The second-order valence-corrected chi connectivity index (χ2v) is 4.68. The Kier molecular flexibility index (Phi) is 3.60. The Morgan fingerprint density at radius 2 is 2.05 bits per heavy atom. The topological polar surface area (TPSA) is 52.0 Å². The molecule has 20 heavy (non-hydrogen) atoms. The molecule has 0 radical (unpaired) electrons. The van der Waals surface area contributed by atoms with E-state index in [2.05, 4.69) is 20.4 Å². The number of halogens is 2. The van der Waals surface area contributed by atoms with Crippen LogP contribution in [0.2, 0.25) is 0 Å². The molecule has 1 heterocycles. The normalized spacial score (nSPS) is 14.8. The summed E-state index contributed by atoms with van der Waals surface area (Å²) in [6.07, 6.45) is 4.26. The second kappa shape index (κ2) is 5.54. The van der Waals surface area contributed by atoms with Crippen molar-refractivity contribution in [2.24, 2.45) is 0 Å². The van der Waals surface area contributed by atoms with Crippen LogP contribution in [0.1, 0.15) is 18.5 Å². The van der Waals surface area contributed by atoms with Crippen LogP contribution >= 0.6 is 0 Å². The number of rotatable bonds is 6. The zero-order valence-corrected chi connectivity index (χ0v) is 10.7. The SMILES string of the molecule is FC(F)Oc1ccc(-n2cc(CNC3CC3)nn2)cc1. The van der Waals surface area contributed by atoms with Gasteiger partial charge in [-0.1, -0.05) is 5.21 Å². The van der Waals surface area contributed by atoms with Crippen LogP contribution in [0, 0.1) is 0 Å². The third-order valence-corrected chi connectivity index (χ3v) is 3.02. The van der Waals surface area contributed by atoms with Gasteiger partial charge in [0.25, 0.3) is 0 Å². The van der Waals surface area contributed by atoms with Crippen molar-refractivity contribution < 1.29 is 13.5 Å². The van der Waals surface area contributed by atoms with E-state index in [4.69, 9.17) is 0 Å². The van der Waals surface area contributed by atoms with Gasteiger partial charge in [-0.15, -0.1) is 5.10 Å². The van der Waals surface area contributed by atoms with Crippen LogP contribution in [0.15, 0.2) is 30.5 Å². The van der Waals surface area contributed by atoms with E-state index in [1.165, 1.54) is 25.0 Å². The van der Waals surface area contributed by atoms with Crippen molar-refractivity contribution in [1.82, 2.24) is 20.3 Å². The summed E-state index contributed by atoms with van der Waals surface area (Å²) >= 11 is 0. The summed E-state index contributed by atoms with van der Waals surface area (Å²) < 4.78 is 30.0. The lowest BCUT2D eigenvalue weighted by molar-refractivity contribution is -0.0498. The first-order valence-corrected chi connectivity index (χ1v) is 6.40. The zero-order valence-electron chi connectivity index (χ0n) is 10.7. The molecule has 0 spiro atoms. The molecule has 1 fully saturated rings. The highest BCUT2D eigenvalue weighted by Crippen LogP contribution is 2.19. The van der Waals surface area contributed by atoms with E-state index in [1.807, 2.05) is 6.20 Å². The molecule has 1 saturated carbocycles. The van der Waals surface area contributed by atoms with E-state index in [9.17, 15) is 8.78 Å². The van der Waals surface area contributed by atoms with E-state index < -0.39 is 6.61 Å². The van der Waals surface area contributed by atoms with E-state index in [1.54, 1.807) is 16.8 Å². The molecular weight excluding hydrogens is 266 g/mol. The van der Waals surface area contributed by atoms with Crippen molar-refractivity contribution in [2.45, 2.75) is 32.0 Å². The standard InChI is InChI=1S/C13H14F2N4O/c14-13(15)20-12-5-3-11(4-6-12)19-8-10(17-18-19)7-16-9-1-2-9/h3-6,8-9,13,16H,1-2,7H2. The molecule has 0 unspecified atom stereocenters. The largest absolute Gasteiger partial charge is 0.435 e. The summed E-state index contributed by atoms with van der Waals surface area (Å²) in [5.41, 5.74) is 1.60. The van der Waals surface area contributed by atoms with Gasteiger partial charge in [-0.05, 0) is 37.1 Å². The molecule has 1 N–H and O–H groups in total. The van der Waals surface area contributed by atoms with Gasteiger partial charge in [0, 0.05) is 12.6 Å². The van der Waals surface area contributed by atoms with Crippen LogP contribution in [0.5, 0.6) is 5.75 Å². The Bertz CT molecular complexity index is 566. The zero-order chi connectivity index (χ0) is 13.9. The van der Waals surface area contributed by atoms with Crippen LogP contribution in [-0.4, -0.2) is 27.6 Å². The minimum absolute atomic E-state index is 0.125. The minimum Gasteiger partial charge on any atom is -0.435 e. The fourth-order valence-electron chi connectivity index (χ4n) is 1.82. The number of hydrogen-bond acceptors (Lipinski definition) is 4. The summed E-state index contributed by atoms with van der Waals surface area (Å²) in [7, 11) is 0. The van der Waals surface area contributed by atoms with Crippen LogP contribution in [0.4, 0.5) is 8.78 Å². The Hall–Kier alpha value is -2.02. The second-order valence-electron chi connectivity index (χ2n) is 4.68. The van der Waals surface area contributed by atoms with Gasteiger partial charge in [-0.25, -0.2) is 4.68 Å². The summed E-state index contributed by atoms with van der Waals surface area (Å²) in [5.74, 6) is 0.125. The van der Waals surface area contributed by atoms with Crippen LogP contribution in [0.3, 0.4) is 0 Å². The first kappa shape index (κ1) is 13.0. The van der Waals surface area contributed by atoms with Crippen LogP contribution in [-0.2, 0) is 6.54 Å². The monoisotopic (exact) mass is 280 g/mol. The van der Waals surface area contributed by atoms with E-state index in [0.29, 0.717) is 12.6 Å². The highest BCUT2D eigenvalue weighted by Gasteiger charge is 2.20. The molecule has 1 aromatic carbocycles. The molecular formula is C13H14F2N4O. The van der Waals surface area contributed by atoms with Gasteiger partial charge in [-0.2, -0.15) is 8.78 Å². The Balaban J connectivity index is 1.65. The maximum Gasteiger partial charge on any atom is 0.387 e. The van der Waals surface area contributed by atoms with Crippen molar-refractivity contribution in [3.8, 4) is 11.4 Å². The summed E-state index contributed by atoms with van der Waals surface area (Å²) in [5, 5.41) is 11.4. The number of nitrogens with zero attached hydrogens (tertiary/aromatic N) is 3. The van der Waals surface area contributed by atoms with Crippen molar-refractivity contribution in [3.05, 3.63) is 36.2 Å². The van der Waals surface area contributed by atoms with Gasteiger partial charge in [0.2, 0.25) is 0 Å². The summed E-state index contributed by atoms with van der Waals surface area (Å²) in [4.78, 5) is 0. The Labute approximate surface area is 114 Å². The van der Waals surface area contributed by atoms with Crippen LogP contribution in [0.25, 0.3) is 5.69 Å². The third kappa shape index (κ3) is 3.30. The predicted octanol–water partition coefficient (Wildman–Crippen LogP) is 2.12. The molecule has 1 aliphatic rings. The molecule has 0 saturated heterocycles. The van der Waals surface area contributed by atoms with Gasteiger partial charge in [0.05, 0.1) is 17.6 Å². The van der Waals surface area contributed by atoms with Crippen molar-refractivity contribution in [2.75, 3.05) is 0 Å². The highest BCUT2D eigenvalue weighted by atomic mass is 19.3. The number of ether oxygens (including phenoxy) is 1. The van der Waals surface area contributed by atoms with E-state index in [-0.39, 0.29) is 5.75 Å². The average Bonchev–Trinajstić information content (AvgIpc) is 3.14. The Morgan fingerprint density at radius 1 is 1.30 bits per heavy atom. The predicted molar refractivity (Wildman–Crippen MR) is 67.9 cm³/mol. The fraction of sp³-hybridized carbons (Fsp3) is 0.385. The quantitative estimate of drug-likeness (QED) is 0.880. The summed E-state index contributed by atoms with van der Waals surface area (Å²) in [6.45, 7) is -2.12. The number of alkyl halides is 2. The molecule has 3 rings (SSSR count). The molecule has 7 heteroatoms. The van der Waals surface area contributed by atoms with Crippen molar-refractivity contribution in [1.29, 1.82) is 0 Å². The molecule has 0 aliphatic heterocycles. The van der Waals surface area contributed by atoms with Gasteiger partial charge >= 0.3 is 6.61 Å². The molecule has 1 aromatic heterocycles. The van der Waals surface area contributed by atoms with Crippen molar-refractivity contribution >= 4 is 0 Å². The lowest BCUT2D eigenvalue weighted by atomic mass is 10.3. The average molecular weight is 280 g/mol. The van der Waals surface area contributed by atoms with Gasteiger partial charge in [0.15, 0.2) is 0 Å². The molecule has 5 nitrogen and oxygen atoms in total. The van der Waals surface area contributed by atoms with Crippen molar-refractivity contribution in [3.63, 3.8) is 0 Å². The highest BCUT2D eigenvalue weighted by molar-refractivity contribution is 5.36. The molecule has 2 aromatic rings. The first-order valence-electron chi connectivity index (χ1n) is 6.40. The van der Waals surface area contributed by atoms with Gasteiger partial charge < -0.3 is 10.1 Å². The summed E-state index contributed by atoms with van der Waals surface area (Å²) in [6, 6.07) is 6.89. The van der Waals surface area contributed by atoms with E-state index >= 15 is 0 Å². The van der Waals surface area contributed by atoms with Gasteiger partial charge in [0.1, 0.15) is 5.75 Å². The smallest absolute Gasteiger partial charge is 0.387 e. The number of nitrogens with one attached hydrogen (secondary N) is 1. The lowest BCUT2D eigenvalue weighted by Gasteiger charge is -2.05. The number of aromatic nitrogens is 3. The molecule has 1 aliphatic carbocycles. The molecule has 106 valence electrons. The van der Waals surface area contributed by atoms with Gasteiger partial charge in [-0.3, -0.25) is 0 Å². The third-order valence-electron chi connectivity index (χ3n) is 3.02. The first-order chi connectivity index (χ1) is 9.70. The molecule has 0 atom stereocenters. The van der Waals surface area contributed by atoms with E-state index in [0.717, 1.165) is 11.4 Å². The molecule has 0 amide bonds. The number of benzene rings is 1. The fourth-order valence-corrected chi connectivity index (χ4v) is 1.82. The maximum absolute atomic E-state index is 12.0. The maximum atomic E-state index is 12.0. The Morgan fingerprint density at radius 3 is 2.70 bits per heavy atom. The lowest BCUT2D eigenvalue weighted by Crippen LogP contribution is -2.15.